The van der Waals surface area contributed by atoms with Gasteiger partial charge in [-0.25, -0.2) is 14.8 Å². The smallest absolute Gasteiger partial charge is 0.339 e. The monoisotopic (exact) mass is 267 g/mol. The fraction of sp³-hybridized carbons (Fsp3) is 0.133. The van der Waals surface area contributed by atoms with Crippen molar-refractivity contribution in [1.29, 1.82) is 0 Å². The van der Waals surface area contributed by atoms with E-state index in [4.69, 9.17) is 5.11 Å². The van der Waals surface area contributed by atoms with Gasteiger partial charge in [-0.2, -0.15) is 0 Å². The molecule has 2 heterocycles. The lowest BCUT2D eigenvalue weighted by Crippen LogP contribution is -2.09. The van der Waals surface area contributed by atoms with Gasteiger partial charge < -0.3 is 9.67 Å². The van der Waals surface area contributed by atoms with Crippen LogP contribution in [0.4, 0.5) is 0 Å². The third kappa shape index (κ3) is 2.03. The number of nitrogens with zero attached hydrogens (tertiary/aromatic N) is 3. The van der Waals surface area contributed by atoms with Gasteiger partial charge in [0.15, 0.2) is 0 Å². The number of aromatic nitrogens is 3. The van der Waals surface area contributed by atoms with Crippen molar-refractivity contribution in [2.45, 2.75) is 13.5 Å². The second-order valence-electron chi connectivity index (χ2n) is 4.64. The topological polar surface area (TPSA) is 68.0 Å². The molecule has 0 bridgehead atoms. The first kappa shape index (κ1) is 12.3. The number of fused-ring (bicyclic) bond motifs is 1. The second kappa shape index (κ2) is 4.77. The molecule has 2 aromatic heterocycles. The molecule has 5 heteroatoms. The van der Waals surface area contributed by atoms with Crippen LogP contribution in [0.15, 0.2) is 43.0 Å². The highest BCUT2D eigenvalue weighted by Crippen LogP contribution is 2.20. The minimum atomic E-state index is -1.01. The molecular weight excluding hydrogens is 254 g/mol. The van der Waals surface area contributed by atoms with E-state index < -0.39 is 5.97 Å². The van der Waals surface area contributed by atoms with Gasteiger partial charge in [0.05, 0.1) is 12.2 Å². The average molecular weight is 267 g/mol. The maximum absolute atomic E-state index is 11.2. The van der Waals surface area contributed by atoms with Crippen LogP contribution < -0.4 is 0 Å². The summed E-state index contributed by atoms with van der Waals surface area (Å²) in [5.74, 6) is -1.01. The van der Waals surface area contributed by atoms with Gasteiger partial charge in [0.2, 0.25) is 0 Å². The molecule has 0 spiro atoms. The van der Waals surface area contributed by atoms with Crippen LogP contribution in [0.2, 0.25) is 0 Å². The molecule has 0 aliphatic heterocycles. The highest BCUT2D eigenvalue weighted by molar-refractivity contribution is 5.88. The van der Waals surface area contributed by atoms with E-state index in [9.17, 15) is 4.79 Å². The highest BCUT2D eigenvalue weighted by Gasteiger charge is 2.12. The van der Waals surface area contributed by atoms with Crippen molar-refractivity contribution in [2.24, 2.45) is 0 Å². The first-order valence-electron chi connectivity index (χ1n) is 6.23. The Morgan fingerprint density at radius 3 is 3.00 bits per heavy atom. The number of carboxylic acids is 1. The van der Waals surface area contributed by atoms with Crippen molar-refractivity contribution in [1.82, 2.24) is 14.5 Å². The number of benzene rings is 1. The predicted octanol–water partition coefficient (Wildman–Crippen LogP) is 2.49. The van der Waals surface area contributed by atoms with E-state index in [1.54, 1.807) is 0 Å². The minimum absolute atomic E-state index is 0.141. The van der Waals surface area contributed by atoms with Gasteiger partial charge >= 0.3 is 5.97 Å². The maximum Gasteiger partial charge on any atom is 0.339 e. The first-order chi connectivity index (χ1) is 9.66. The lowest BCUT2D eigenvalue weighted by Gasteiger charge is -2.07. The Bertz CT molecular complexity index is 793. The Kier molecular flexibility index (Phi) is 2.95. The number of aryl methyl sites for hydroxylation is 1. The van der Waals surface area contributed by atoms with E-state index in [1.807, 2.05) is 29.0 Å². The molecule has 0 saturated carbocycles. The standard InChI is InChI=1S/C15H13N3O2/c1-10-3-2-4-14-11(10)5-6-18(14)8-13-12(15(19)20)7-16-9-17-13/h2-7,9H,8H2,1H3,(H,19,20). The summed E-state index contributed by atoms with van der Waals surface area (Å²) < 4.78 is 2.00. The molecule has 1 aromatic carbocycles. The summed E-state index contributed by atoms with van der Waals surface area (Å²) in [6.45, 7) is 2.47. The Balaban J connectivity index is 2.06. The third-order valence-electron chi connectivity index (χ3n) is 3.38. The van der Waals surface area contributed by atoms with Gasteiger partial charge in [0.25, 0.3) is 0 Å². The second-order valence-corrected chi connectivity index (χ2v) is 4.64. The Morgan fingerprint density at radius 2 is 2.20 bits per heavy atom. The zero-order valence-electron chi connectivity index (χ0n) is 10.9. The van der Waals surface area contributed by atoms with Crippen LogP contribution >= 0.6 is 0 Å². The summed E-state index contributed by atoms with van der Waals surface area (Å²) in [7, 11) is 0. The van der Waals surface area contributed by atoms with Gasteiger partial charge in [-0.3, -0.25) is 0 Å². The molecular formula is C15H13N3O2. The molecule has 5 nitrogen and oxygen atoms in total. The zero-order valence-corrected chi connectivity index (χ0v) is 10.9. The molecule has 0 unspecified atom stereocenters. The first-order valence-corrected chi connectivity index (χ1v) is 6.23. The summed E-state index contributed by atoms with van der Waals surface area (Å²) in [6, 6.07) is 8.10. The van der Waals surface area contributed by atoms with Crippen LogP contribution in [0.1, 0.15) is 21.6 Å². The number of carbonyl (C=O) groups is 1. The molecule has 1 N–H and O–H groups in total. The molecule has 0 radical (unpaired) electrons. The van der Waals surface area contributed by atoms with E-state index in [0.717, 1.165) is 5.52 Å². The van der Waals surface area contributed by atoms with Crippen molar-refractivity contribution in [2.75, 3.05) is 0 Å². The summed E-state index contributed by atoms with van der Waals surface area (Å²) in [5, 5.41) is 10.3. The Hall–Kier alpha value is -2.69. The highest BCUT2D eigenvalue weighted by atomic mass is 16.4. The normalized spacial score (nSPS) is 10.8. The molecule has 3 rings (SSSR count). The number of carboxylic acid groups (broad SMARTS) is 1. The van der Waals surface area contributed by atoms with Crippen LogP contribution in [0.5, 0.6) is 0 Å². The number of hydrogen-bond donors (Lipinski definition) is 1. The van der Waals surface area contributed by atoms with Crippen molar-refractivity contribution in [3.63, 3.8) is 0 Å². The largest absolute Gasteiger partial charge is 0.478 e. The van der Waals surface area contributed by atoms with Crippen LogP contribution in [0.25, 0.3) is 10.9 Å². The van der Waals surface area contributed by atoms with E-state index in [0.29, 0.717) is 12.2 Å². The summed E-state index contributed by atoms with van der Waals surface area (Å²) in [6.07, 6.45) is 4.66. The summed E-state index contributed by atoms with van der Waals surface area (Å²) >= 11 is 0. The Morgan fingerprint density at radius 1 is 1.35 bits per heavy atom. The zero-order chi connectivity index (χ0) is 14.1. The van der Waals surface area contributed by atoms with Crippen LogP contribution in [-0.4, -0.2) is 25.6 Å². The third-order valence-corrected chi connectivity index (χ3v) is 3.38. The van der Waals surface area contributed by atoms with Crippen molar-refractivity contribution in [3.05, 3.63) is 59.8 Å². The van der Waals surface area contributed by atoms with Crippen LogP contribution in [0.3, 0.4) is 0 Å². The number of hydrogen-bond acceptors (Lipinski definition) is 3. The SMILES string of the molecule is Cc1cccc2c1ccn2Cc1ncncc1C(=O)O. The quantitative estimate of drug-likeness (QED) is 0.791. The fourth-order valence-corrected chi connectivity index (χ4v) is 2.34. The van der Waals surface area contributed by atoms with Crippen LogP contribution in [-0.2, 0) is 6.54 Å². The van der Waals surface area contributed by atoms with Gasteiger partial charge in [-0.15, -0.1) is 0 Å². The van der Waals surface area contributed by atoms with E-state index in [-0.39, 0.29) is 5.56 Å². The van der Waals surface area contributed by atoms with E-state index in [1.165, 1.54) is 23.5 Å². The molecule has 3 aromatic rings. The van der Waals surface area contributed by atoms with Crippen molar-refractivity contribution >= 4 is 16.9 Å². The minimum Gasteiger partial charge on any atom is -0.478 e. The number of aromatic carboxylic acids is 1. The van der Waals surface area contributed by atoms with Crippen molar-refractivity contribution < 1.29 is 9.90 Å². The van der Waals surface area contributed by atoms with Gasteiger partial charge in [0, 0.05) is 23.3 Å². The number of rotatable bonds is 3. The molecule has 20 heavy (non-hydrogen) atoms. The predicted molar refractivity (Wildman–Crippen MR) is 74.8 cm³/mol. The lowest BCUT2D eigenvalue weighted by molar-refractivity contribution is 0.0694. The average Bonchev–Trinajstić information content (AvgIpc) is 2.84. The van der Waals surface area contributed by atoms with Gasteiger partial charge in [-0.1, -0.05) is 12.1 Å². The molecule has 0 atom stereocenters. The van der Waals surface area contributed by atoms with E-state index in [2.05, 4.69) is 23.0 Å². The Labute approximate surface area is 115 Å². The molecule has 0 saturated heterocycles. The molecule has 0 fully saturated rings. The molecule has 0 amide bonds. The molecule has 0 aliphatic rings. The fourth-order valence-electron chi connectivity index (χ4n) is 2.34. The maximum atomic E-state index is 11.2. The molecule has 0 aliphatic carbocycles. The van der Waals surface area contributed by atoms with Crippen LogP contribution in [0, 0.1) is 6.92 Å². The summed E-state index contributed by atoms with van der Waals surface area (Å²) in [5.41, 5.74) is 2.91. The van der Waals surface area contributed by atoms with E-state index >= 15 is 0 Å². The summed E-state index contributed by atoms with van der Waals surface area (Å²) in [4.78, 5) is 19.0. The lowest BCUT2D eigenvalue weighted by atomic mass is 10.1. The van der Waals surface area contributed by atoms with Gasteiger partial charge in [-0.05, 0) is 24.6 Å². The van der Waals surface area contributed by atoms with Crippen molar-refractivity contribution in [3.8, 4) is 0 Å². The van der Waals surface area contributed by atoms with Gasteiger partial charge in [0.1, 0.15) is 11.9 Å². The molecule has 100 valence electrons.